The van der Waals surface area contributed by atoms with Crippen LogP contribution in [0.25, 0.3) is 11.5 Å². The fraction of sp³-hybridized carbons (Fsp3) is 0.167. The summed E-state index contributed by atoms with van der Waals surface area (Å²) in [6.45, 7) is 0. The Balaban J connectivity index is 2.15. The summed E-state index contributed by atoms with van der Waals surface area (Å²) in [5.74, 6) is 0.250. The molecule has 2 rings (SSSR count). The Morgan fingerprint density at radius 3 is 3.00 bits per heavy atom. The number of hydrogen-bond donors (Lipinski definition) is 1. The summed E-state index contributed by atoms with van der Waals surface area (Å²) in [5.41, 5.74) is 0.862. The van der Waals surface area contributed by atoms with Crippen molar-refractivity contribution in [3.8, 4) is 11.5 Å². The second kappa shape index (κ2) is 5.14. The lowest BCUT2D eigenvalue weighted by Gasteiger charge is -1.96. The largest absolute Gasteiger partial charge is 0.481 e. The predicted molar refractivity (Wildman–Crippen MR) is 65.6 cm³/mol. The van der Waals surface area contributed by atoms with E-state index in [1.54, 1.807) is 6.20 Å². The summed E-state index contributed by atoms with van der Waals surface area (Å²) in [4.78, 5) is 14.6. The number of halogens is 1. The van der Waals surface area contributed by atoms with Crippen LogP contribution in [-0.4, -0.2) is 16.1 Å². The van der Waals surface area contributed by atoms with Gasteiger partial charge in [-0.3, -0.25) is 4.79 Å². The normalized spacial score (nSPS) is 10.4. The van der Waals surface area contributed by atoms with Gasteiger partial charge in [-0.15, -0.1) is 0 Å². The Labute approximate surface area is 106 Å². The third kappa shape index (κ3) is 3.17. The minimum Gasteiger partial charge on any atom is -0.481 e. The van der Waals surface area contributed by atoms with Gasteiger partial charge in [-0.05, 0) is 18.2 Å². The van der Waals surface area contributed by atoms with E-state index in [1.807, 2.05) is 24.3 Å². The first kappa shape index (κ1) is 11.9. The van der Waals surface area contributed by atoms with Crippen LogP contribution in [0.2, 0.25) is 0 Å². The molecule has 0 amide bonds. The molecule has 2 aromatic rings. The highest BCUT2D eigenvalue weighted by atomic mass is 79.9. The van der Waals surface area contributed by atoms with Crippen LogP contribution in [0, 0.1) is 0 Å². The van der Waals surface area contributed by atoms with E-state index in [0.717, 1.165) is 10.0 Å². The quantitative estimate of drug-likeness (QED) is 0.941. The minimum atomic E-state index is -0.842. The summed E-state index contributed by atoms with van der Waals surface area (Å²) in [6.07, 6.45) is 1.97. The number of carbonyl (C=O) groups is 1. The Morgan fingerprint density at radius 1 is 1.47 bits per heavy atom. The molecule has 1 N–H and O–H groups in total. The fourth-order valence-corrected chi connectivity index (χ4v) is 1.81. The summed E-state index contributed by atoms with van der Waals surface area (Å²) in [6, 6.07) is 7.59. The van der Waals surface area contributed by atoms with Gasteiger partial charge in [-0.1, -0.05) is 22.0 Å². The third-order valence-corrected chi connectivity index (χ3v) is 2.70. The molecule has 0 aliphatic carbocycles. The van der Waals surface area contributed by atoms with Crippen LogP contribution in [0.15, 0.2) is 39.4 Å². The van der Waals surface area contributed by atoms with Gasteiger partial charge in [0.1, 0.15) is 5.76 Å². The van der Waals surface area contributed by atoms with Gasteiger partial charge in [0.25, 0.3) is 0 Å². The van der Waals surface area contributed by atoms with Crippen molar-refractivity contribution in [3.63, 3.8) is 0 Å². The number of oxazole rings is 1. The molecule has 0 atom stereocenters. The zero-order chi connectivity index (χ0) is 12.3. The highest BCUT2D eigenvalue weighted by Crippen LogP contribution is 2.22. The monoisotopic (exact) mass is 295 g/mol. The van der Waals surface area contributed by atoms with E-state index in [9.17, 15) is 4.79 Å². The van der Waals surface area contributed by atoms with Crippen LogP contribution in [0.3, 0.4) is 0 Å². The topological polar surface area (TPSA) is 63.3 Å². The van der Waals surface area contributed by atoms with E-state index in [4.69, 9.17) is 9.52 Å². The van der Waals surface area contributed by atoms with Crippen LogP contribution in [0.1, 0.15) is 12.2 Å². The number of benzene rings is 1. The van der Waals surface area contributed by atoms with Crippen LogP contribution >= 0.6 is 15.9 Å². The molecule has 17 heavy (non-hydrogen) atoms. The number of aromatic nitrogens is 1. The molecule has 0 bridgehead atoms. The molecule has 0 saturated heterocycles. The molecular formula is C12H10BrNO3. The van der Waals surface area contributed by atoms with Gasteiger partial charge in [0.05, 0.1) is 12.6 Å². The Morgan fingerprint density at radius 2 is 2.29 bits per heavy atom. The molecule has 0 fully saturated rings. The van der Waals surface area contributed by atoms with E-state index in [1.165, 1.54) is 0 Å². The number of aryl methyl sites for hydroxylation is 1. The van der Waals surface area contributed by atoms with Gasteiger partial charge >= 0.3 is 5.97 Å². The SMILES string of the molecule is O=C(O)CCc1cnc(-c2cccc(Br)c2)o1. The van der Waals surface area contributed by atoms with Crippen molar-refractivity contribution in [3.05, 3.63) is 40.7 Å². The van der Waals surface area contributed by atoms with Crippen molar-refractivity contribution in [2.24, 2.45) is 0 Å². The highest BCUT2D eigenvalue weighted by Gasteiger charge is 2.08. The highest BCUT2D eigenvalue weighted by molar-refractivity contribution is 9.10. The van der Waals surface area contributed by atoms with Crippen molar-refractivity contribution in [2.75, 3.05) is 0 Å². The number of carboxylic acids is 1. The summed E-state index contributed by atoms with van der Waals surface area (Å²) >= 11 is 3.37. The van der Waals surface area contributed by atoms with Crippen molar-refractivity contribution in [2.45, 2.75) is 12.8 Å². The van der Waals surface area contributed by atoms with Crippen LogP contribution in [0.4, 0.5) is 0 Å². The molecule has 0 aliphatic heterocycles. The Hall–Kier alpha value is -1.62. The fourth-order valence-electron chi connectivity index (χ4n) is 1.41. The van der Waals surface area contributed by atoms with E-state index in [2.05, 4.69) is 20.9 Å². The molecule has 1 aromatic heterocycles. The Bertz CT molecular complexity index is 536. The van der Waals surface area contributed by atoms with Crippen molar-refractivity contribution in [1.29, 1.82) is 0 Å². The van der Waals surface area contributed by atoms with E-state index < -0.39 is 5.97 Å². The number of carboxylic acid groups (broad SMARTS) is 1. The molecule has 5 heteroatoms. The summed E-state index contributed by atoms with van der Waals surface area (Å²) < 4.78 is 6.42. The molecule has 88 valence electrons. The van der Waals surface area contributed by atoms with Gasteiger partial charge in [0.15, 0.2) is 0 Å². The number of nitrogens with zero attached hydrogens (tertiary/aromatic N) is 1. The zero-order valence-electron chi connectivity index (χ0n) is 8.89. The second-order valence-corrected chi connectivity index (χ2v) is 4.45. The summed E-state index contributed by atoms with van der Waals surface area (Å²) in [7, 11) is 0. The van der Waals surface area contributed by atoms with Crippen LogP contribution in [-0.2, 0) is 11.2 Å². The molecule has 0 aliphatic rings. The standard InChI is InChI=1S/C12H10BrNO3/c13-9-3-1-2-8(6-9)12-14-7-10(17-12)4-5-11(15)16/h1-3,6-7H,4-5H2,(H,15,16). The van der Waals surface area contributed by atoms with Gasteiger partial charge in [0, 0.05) is 16.5 Å². The lowest BCUT2D eigenvalue weighted by Crippen LogP contribution is -1.96. The Kier molecular flexibility index (Phi) is 3.58. The molecule has 0 unspecified atom stereocenters. The van der Waals surface area contributed by atoms with Gasteiger partial charge in [0.2, 0.25) is 5.89 Å². The second-order valence-electron chi connectivity index (χ2n) is 3.54. The lowest BCUT2D eigenvalue weighted by atomic mass is 10.2. The van der Waals surface area contributed by atoms with E-state index in [-0.39, 0.29) is 6.42 Å². The van der Waals surface area contributed by atoms with Crippen LogP contribution in [0.5, 0.6) is 0 Å². The van der Waals surface area contributed by atoms with Gasteiger partial charge in [-0.2, -0.15) is 0 Å². The maximum atomic E-state index is 10.4. The smallest absolute Gasteiger partial charge is 0.303 e. The molecule has 0 radical (unpaired) electrons. The average molecular weight is 296 g/mol. The minimum absolute atomic E-state index is 0.0487. The molecule has 1 heterocycles. The predicted octanol–water partition coefficient (Wildman–Crippen LogP) is 3.12. The summed E-state index contributed by atoms with van der Waals surface area (Å²) in [5, 5.41) is 8.57. The van der Waals surface area contributed by atoms with Crippen molar-refractivity contribution < 1.29 is 14.3 Å². The van der Waals surface area contributed by atoms with Crippen LogP contribution < -0.4 is 0 Å². The van der Waals surface area contributed by atoms with Gasteiger partial charge < -0.3 is 9.52 Å². The van der Waals surface area contributed by atoms with Crippen molar-refractivity contribution >= 4 is 21.9 Å². The molecule has 0 saturated carbocycles. The van der Waals surface area contributed by atoms with Crippen molar-refractivity contribution in [1.82, 2.24) is 4.98 Å². The first-order chi connectivity index (χ1) is 8.15. The molecular weight excluding hydrogens is 286 g/mol. The number of hydrogen-bond acceptors (Lipinski definition) is 3. The first-order valence-corrected chi connectivity index (χ1v) is 5.87. The van der Waals surface area contributed by atoms with E-state index in [0.29, 0.717) is 18.1 Å². The first-order valence-electron chi connectivity index (χ1n) is 5.07. The van der Waals surface area contributed by atoms with E-state index >= 15 is 0 Å². The maximum absolute atomic E-state index is 10.4. The van der Waals surface area contributed by atoms with Gasteiger partial charge in [-0.25, -0.2) is 4.98 Å². The molecule has 0 spiro atoms. The average Bonchev–Trinajstić information content (AvgIpc) is 2.75. The molecule has 1 aromatic carbocycles. The lowest BCUT2D eigenvalue weighted by molar-refractivity contribution is -0.137. The zero-order valence-corrected chi connectivity index (χ0v) is 10.5. The maximum Gasteiger partial charge on any atom is 0.303 e. The third-order valence-electron chi connectivity index (χ3n) is 2.21. The number of aliphatic carboxylic acids is 1. The number of rotatable bonds is 4. The molecule has 4 nitrogen and oxygen atoms in total.